The van der Waals surface area contributed by atoms with E-state index in [0.29, 0.717) is 17.9 Å². The van der Waals surface area contributed by atoms with Crippen LogP contribution in [0.2, 0.25) is 0 Å². The van der Waals surface area contributed by atoms with E-state index in [4.69, 9.17) is 9.47 Å². The smallest absolute Gasteiger partial charge is 0.159 e. The lowest BCUT2D eigenvalue weighted by molar-refractivity contribution is 0.101. The molecule has 0 aliphatic heterocycles. The first-order valence-corrected chi connectivity index (χ1v) is 10.3. The first kappa shape index (κ1) is 23.7. The predicted octanol–water partition coefficient (Wildman–Crippen LogP) is 7.10. The molecule has 3 heteroatoms. The maximum absolute atomic E-state index is 11.3. The summed E-state index contributed by atoms with van der Waals surface area (Å²) in [4.78, 5) is 11.3. The number of hydrogen-bond donors (Lipinski definition) is 0. The minimum Gasteiger partial charge on any atom is -0.502 e. The molecule has 0 amide bonds. The van der Waals surface area contributed by atoms with E-state index < -0.39 is 0 Å². The summed E-state index contributed by atoms with van der Waals surface area (Å²) < 4.78 is 10.8. The highest BCUT2D eigenvalue weighted by Crippen LogP contribution is 2.18. The van der Waals surface area contributed by atoms with Crippen LogP contribution in [0.4, 0.5) is 0 Å². The number of hydrogen-bond acceptors (Lipinski definition) is 3. The molecule has 0 radical (unpaired) electrons. The second-order valence-corrected chi connectivity index (χ2v) is 7.27. The Hall–Kier alpha value is -2.29. The van der Waals surface area contributed by atoms with Crippen LogP contribution < -0.4 is 0 Å². The fraction of sp³-hybridized carbons (Fsp3) is 0.480. The van der Waals surface area contributed by atoms with Gasteiger partial charge in [-0.25, -0.2) is 0 Å². The molecular weight excluding hydrogens is 348 g/mol. The molecule has 1 aromatic carbocycles. The lowest BCUT2D eigenvalue weighted by Crippen LogP contribution is -1.96. The summed E-state index contributed by atoms with van der Waals surface area (Å²) in [7, 11) is 1.68. The third-order valence-electron chi connectivity index (χ3n) is 4.84. The Morgan fingerprint density at radius 3 is 1.96 bits per heavy atom. The van der Waals surface area contributed by atoms with Crippen LogP contribution in [0.3, 0.4) is 0 Å². The van der Waals surface area contributed by atoms with Crippen molar-refractivity contribution in [1.82, 2.24) is 0 Å². The van der Waals surface area contributed by atoms with E-state index in [2.05, 4.69) is 19.7 Å². The fourth-order valence-electron chi connectivity index (χ4n) is 2.92. The third kappa shape index (κ3) is 10.1. The molecule has 154 valence electrons. The number of ketones is 1. The van der Waals surface area contributed by atoms with Gasteiger partial charge in [0.1, 0.15) is 5.76 Å². The van der Waals surface area contributed by atoms with Gasteiger partial charge in [-0.05, 0) is 45.4 Å². The minimum absolute atomic E-state index is 0.0674. The van der Waals surface area contributed by atoms with Crippen LogP contribution in [0.25, 0.3) is 5.76 Å². The number of allylic oxidation sites excluding steroid dienone is 2. The number of unbranched alkanes of at least 4 members (excludes halogenated alkanes) is 4. The zero-order chi connectivity index (χ0) is 20.8. The normalized spacial score (nSPS) is 10.4. The summed E-state index contributed by atoms with van der Waals surface area (Å²) in [5, 5.41) is 0. The Bertz CT molecular complexity index is 640. The van der Waals surface area contributed by atoms with Crippen molar-refractivity contribution in [2.45, 2.75) is 64.7 Å². The lowest BCUT2D eigenvalue weighted by Gasteiger charge is -2.10. The molecule has 28 heavy (non-hydrogen) atoms. The van der Waals surface area contributed by atoms with Crippen LogP contribution in [0.5, 0.6) is 0 Å². The largest absolute Gasteiger partial charge is 0.502 e. The van der Waals surface area contributed by atoms with Gasteiger partial charge in [0.05, 0.1) is 19.5 Å². The number of carbonyl (C=O) groups excluding carboxylic acids is 1. The Kier molecular flexibility index (Phi) is 11.7. The van der Waals surface area contributed by atoms with E-state index >= 15 is 0 Å². The predicted molar refractivity (Wildman–Crippen MR) is 118 cm³/mol. The van der Waals surface area contributed by atoms with Crippen molar-refractivity contribution in [3.8, 4) is 0 Å². The summed E-state index contributed by atoms with van der Waals surface area (Å²) >= 11 is 0. The SMILES string of the molecule is C=C(CCCCCCOC(=C)c1ccc(C(C)=O)cc1)CCCCC(=C)OC. The van der Waals surface area contributed by atoms with Crippen LogP contribution in [-0.4, -0.2) is 19.5 Å². The van der Waals surface area contributed by atoms with E-state index in [1.54, 1.807) is 14.0 Å². The van der Waals surface area contributed by atoms with Crippen LogP contribution in [-0.2, 0) is 9.47 Å². The van der Waals surface area contributed by atoms with Crippen molar-refractivity contribution in [1.29, 1.82) is 0 Å². The van der Waals surface area contributed by atoms with Gasteiger partial charge in [-0.3, -0.25) is 4.79 Å². The van der Waals surface area contributed by atoms with Crippen LogP contribution in [0.15, 0.2) is 55.3 Å². The van der Waals surface area contributed by atoms with Gasteiger partial charge in [-0.1, -0.05) is 62.4 Å². The molecule has 0 fully saturated rings. The molecule has 0 aromatic heterocycles. The molecular formula is C25H36O3. The van der Waals surface area contributed by atoms with Crippen molar-refractivity contribution >= 4 is 11.5 Å². The standard InChI is InChI=1S/C25H36O3/c1-20(13-9-10-14-21(2)27-5)12-8-6-7-11-19-28-23(4)25-17-15-24(16-18-25)22(3)26/h15-18H,1-2,4,6-14,19H2,3,5H3. The monoisotopic (exact) mass is 384 g/mol. The molecule has 0 saturated heterocycles. The molecule has 0 bridgehead atoms. The number of methoxy groups -OCH3 is 1. The molecule has 0 saturated carbocycles. The zero-order valence-corrected chi connectivity index (χ0v) is 17.7. The van der Waals surface area contributed by atoms with E-state index in [0.717, 1.165) is 56.3 Å². The Balaban J connectivity index is 2.03. The van der Waals surface area contributed by atoms with E-state index in [1.165, 1.54) is 18.4 Å². The van der Waals surface area contributed by atoms with Gasteiger partial charge in [0, 0.05) is 17.5 Å². The first-order valence-electron chi connectivity index (χ1n) is 10.3. The topological polar surface area (TPSA) is 35.5 Å². The van der Waals surface area contributed by atoms with Gasteiger partial charge in [0.2, 0.25) is 0 Å². The molecule has 1 rings (SSSR count). The highest BCUT2D eigenvalue weighted by molar-refractivity contribution is 5.94. The summed E-state index contributed by atoms with van der Waals surface area (Å²) in [5.41, 5.74) is 2.98. The lowest BCUT2D eigenvalue weighted by atomic mass is 10.0. The second-order valence-electron chi connectivity index (χ2n) is 7.27. The average molecular weight is 385 g/mol. The third-order valence-corrected chi connectivity index (χ3v) is 4.84. The number of ether oxygens (including phenoxy) is 2. The zero-order valence-electron chi connectivity index (χ0n) is 17.7. The molecule has 0 heterocycles. The van der Waals surface area contributed by atoms with Gasteiger partial charge in [0.25, 0.3) is 0 Å². The highest BCUT2D eigenvalue weighted by atomic mass is 16.5. The van der Waals surface area contributed by atoms with E-state index in [1.807, 2.05) is 24.3 Å². The summed E-state index contributed by atoms with van der Waals surface area (Å²) in [6.45, 7) is 14.2. The maximum Gasteiger partial charge on any atom is 0.159 e. The molecule has 0 atom stereocenters. The van der Waals surface area contributed by atoms with Crippen LogP contribution in [0.1, 0.15) is 80.6 Å². The number of benzene rings is 1. The summed E-state index contributed by atoms with van der Waals surface area (Å²) in [6.07, 6.45) is 9.99. The van der Waals surface area contributed by atoms with Gasteiger partial charge < -0.3 is 9.47 Å². The maximum atomic E-state index is 11.3. The number of rotatable bonds is 16. The van der Waals surface area contributed by atoms with Crippen molar-refractivity contribution in [3.63, 3.8) is 0 Å². The molecule has 1 aromatic rings. The molecule has 3 nitrogen and oxygen atoms in total. The van der Waals surface area contributed by atoms with E-state index in [-0.39, 0.29) is 5.78 Å². The molecule has 0 N–H and O–H groups in total. The number of carbonyl (C=O) groups is 1. The van der Waals surface area contributed by atoms with Gasteiger partial charge >= 0.3 is 0 Å². The Morgan fingerprint density at radius 1 is 0.821 bits per heavy atom. The van der Waals surface area contributed by atoms with Gasteiger partial charge in [-0.2, -0.15) is 0 Å². The van der Waals surface area contributed by atoms with Crippen LogP contribution in [0, 0.1) is 0 Å². The Labute approximate surface area is 171 Å². The average Bonchev–Trinajstić information content (AvgIpc) is 2.70. The summed E-state index contributed by atoms with van der Waals surface area (Å²) in [6, 6.07) is 7.39. The van der Waals surface area contributed by atoms with Crippen LogP contribution >= 0.6 is 0 Å². The molecule has 0 unspecified atom stereocenters. The minimum atomic E-state index is 0.0674. The van der Waals surface area contributed by atoms with Crippen molar-refractivity contribution in [2.24, 2.45) is 0 Å². The number of Topliss-reactive ketones (excluding diaryl/α,β-unsaturated/α-hetero) is 1. The highest BCUT2D eigenvalue weighted by Gasteiger charge is 2.03. The van der Waals surface area contributed by atoms with Gasteiger partial charge in [0.15, 0.2) is 5.78 Å². The van der Waals surface area contributed by atoms with E-state index in [9.17, 15) is 4.79 Å². The molecule has 0 aliphatic carbocycles. The molecule has 0 spiro atoms. The van der Waals surface area contributed by atoms with Crippen molar-refractivity contribution in [3.05, 3.63) is 66.5 Å². The van der Waals surface area contributed by atoms with Crippen molar-refractivity contribution < 1.29 is 14.3 Å². The summed E-state index contributed by atoms with van der Waals surface area (Å²) in [5.74, 6) is 1.60. The molecule has 0 aliphatic rings. The van der Waals surface area contributed by atoms with Gasteiger partial charge in [-0.15, -0.1) is 0 Å². The van der Waals surface area contributed by atoms with Crippen molar-refractivity contribution in [2.75, 3.05) is 13.7 Å². The quantitative estimate of drug-likeness (QED) is 0.132. The first-order chi connectivity index (χ1) is 13.4. The second kappa shape index (κ2) is 13.8. The fourth-order valence-corrected chi connectivity index (χ4v) is 2.92. The Morgan fingerprint density at radius 2 is 1.36 bits per heavy atom.